The predicted octanol–water partition coefficient (Wildman–Crippen LogP) is 2.42. The van der Waals surface area contributed by atoms with Crippen LogP contribution in [0.25, 0.3) is 0 Å². The second kappa shape index (κ2) is 4.96. The number of aromatic nitrogens is 1. The molecule has 0 aliphatic heterocycles. The van der Waals surface area contributed by atoms with Crippen molar-refractivity contribution in [2.24, 2.45) is 11.1 Å². The summed E-state index contributed by atoms with van der Waals surface area (Å²) in [5.41, 5.74) is 7.98. The molecule has 0 saturated heterocycles. The van der Waals surface area contributed by atoms with Gasteiger partial charge in [-0.3, -0.25) is 4.98 Å². The van der Waals surface area contributed by atoms with Gasteiger partial charge in [-0.2, -0.15) is 0 Å². The highest BCUT2D eigenvalue weighted by Crippen LogP contribution is 2.28. The van der Waals surface area contributed by atoms with Crippen molar-refractivity contribution in [3.8, 4) is 0 Å². The average molecular weight is 219 g/mol. The molecule has 16 heavy (non-hydrogen) atoms. The molecule has 0 amide bonds. The smallest absolute Gasteiger partial charge is 0.0934 e. The standard InChI is InChI=1S/C12H17N3O/c13-11-6-7-14-8-10(11)12(15-16)9-4-2-1-3-5-9/h6-9,16H,1-5H2,(H2,13,14)/b15-12+. The van der Waals surface area contributed by atoms with E-state index in [4.69, 9.17) is 10.9 Å². The molecule has 1 aromatic heterocycles. The third-order valence-corrected chi connectivity index (χ3v) is 3.23. The van der Waals surface area contributed by atoms with Crippen molar-refractivity contribution in [2.75, 3.05) is 5.73 Å². The molecular formula is C12H17N3O. The van der Waals surface area contributed by atoms with Crippen LogP contribution in [-0.4, -0.2) is 15.9 Å². The number of hydrogen-bond acceptors (Lipinski definition) is 4. The Morgan fingerprint density at radius 1 is 1.38 bits per heavy atom. The van der Waals surface area contributed by atoms with E-state index in [9.17, 15) is 0 Å². The minimum Gasteiger partial charge on any atom is -0.411 e. The molecule has 3 N–H and O–H groups in total. The van der Waals surface area contributed by atoms with Gasteiger partial charge in [0.25, 0.3) is 0 Å². The number of anilines is 1. The molecule has 0 unspecified atom stereocenters. The summed E-state index contributed by atoms with van der Waals surface area (Å²) in [7, 11) is 0. The summed E-state index contributed by atoms with van der Waals surface area (Å²) >= 11 is 0. The summed E-state index contributed by atoms with van der Waals surface area (Å²) in [4.78, 5) is 4.04. The van der Waals surface area contributed by atoms with Crippen molar-refractivity contribution >= 4 is 11.4 Å². The van der Waals surface area contributed by atoms with Gasteiger partial charge in [-0.1, -0.05) is 24.4 Å². The van der Waals surface area contributed by atoms with E-state index in [0.29, 0.717) is 17.3 Å². The van der Waals surface area contributed by atoms with Gasteiger partial charge in [0.15, 0.2) is 0 Å². The Bertz CT molecular complexity index is 384. The molecule has 0 bridgehead atoms. The average Bonchev–Trinajstić information content (AvgIpc) is 2.34. The fourth-order valence-corrected chi connectivity index (χ4v) is 2.35. The van der Waals surface area contributed by atoms with Crippen molar-refractivity contribution < 1.29 is 5.21 Å². The van der Waals surface area contributed by atoms with Crippen LogP contribution in [0.1, 0.15) is 37.7 Å². The van der Waals surface area contributed by atoms with Crippen molar-refractivity contribution in [2.45, 2.75) is 32.1 Å². The van der Waals surface area contributed by atoms with E-state index >= 15 is 0 Å². The minimum atomic E-state index is 0.324. The zero-order valence-corrected chi connectivity index (χ0v) is 9.26. The first kappa shape index (κ1) is 10.9. The number of oxime groups is 1. The summed E-state index contributed by atoms with van der Waals surface area (Å²) in [5.74, 6) is 0.324. The summed E-state index contributed by atoms with van der Waals surface area (Å²) < 4.78 is 0. The van der Waals surface area contributed by atoms with Gasteiger partial charge in [-0.15, -0.1) is 0 Å². The Labute approximate surface area is 95.2 Å². The molecule has 4 heteroatoms. The molecule has 1 aliphatic carbocycles. The van der Waals surface area contributed by atoms with Crippen LogP contribution in [0.3, 0.4) is 0 Å². The Balaban J connectivity index is 2.26. The molecule has 4 nitrogen and oxygen atoms in total. The molecule has 1 saturated carbocycles. The number of nitrogen functional groups attached to an aromatic ring is 1. The second-order valence-corrected chi connectivity index (χ2v) is 4.28. The largest absolute Gasteiger partial charge is 0.411 e. The quantitative estimate of drug-likeness (QED) is 0.456. The summed E-state index contributed by atoms with van der Waals surface area (Å²) in [5, 5.41) is 12.6. The maximum Gasteiger partial charge on any atom is 0.0934 e. The first-order chi connectivity index (χ1) is 7.83. The summed E-state index contributed by atoms with van der Waals surface area (Å²) in [6.45, 7) is 0. The zero-order valence-electron chi connectivity index (χ0n) is 9.26. The molecule has 0 atom stereocenters. The summed E-state index contributed by atoms with van der Waals surface area (Å²) in [6, 6.07) is 1.74. The molecule has 0 spiro atoms. The van der Waals surface area contributed by atoms with Crippen LogP contribution in [-0.2, 0) is 0 Å². The van der Waals surface area contributed by atoms with E-state index < -0.39 is 0 Å². The van der Waals surface area contributed by atoms with Crippen molar-refractivity contribution in [1.29, 1.82) is 0 Å². The molecule has 0 aromatic carbocycles. The van der Waals surface area contributed by atoms with Crippen molar-refractivity contribution in [3.05, 3.63) is 24.0 Å². The minimum absolute atomic E-state index is 0.324. The maximum atomic E-state index is 9.16. The molecular weight excluding hydrogens is 202 g/mol. The predicted molar refractivity (Wildman–Crippen MR) is 63.5 cm³/mol. The van der Waals surface area contributed by atoms with E-state index in [-0.39, 0.29) is 0 Å². The van der Waals surface area contributed by atoms with Crippen LogP contribution in [0.2, 0.25) is 0 Å². The highest BCUT2D eigenvalue weighted by Gasteiger charge is 2.22. The van der Waals surface area contributed by atoms with Crippen LogP contribution in [0, 0.1) is 5.92 Å². The molecule has 1 fully saturated rings. The lowest BCUT2D eigenvalue weighted by Gasteiger charge is -2.22. The van der Waals surface area contributed by atoms with Gasteiger partial charge in [0.2, 0.25) is 0 Å². The highest BCUT2D eigenvalue weighted by atomic mass is 16.4. The van der Waals surface area contributed by atoms with Gasteiger partial charge in [0.05, 0.1) is 5.71 Å². The van der Waals surface area contributed by atoms with E-state index in [0.717, 1.165) is 18.4 Å². The third-order valence-electron chi connectivity index (χ3n) is 3.23. The van der Waals surface area contributed by atoms with E-state index in [1.807, 2.05) is 0 Å². The highest BCUT2D eigenvalue weighted by molar-refractivity contribution is 6.05. The Kier molecular flexibility index (Phi) is 3.39. The van der Waals surface area contributed by atoms with Gasteiger partial charge in [0.1, 0.15) is 0 Å². The SMILES string of the molecule is Nc1ccncc1/C(=N/O)C1CCCCC1. The Morgan fingerprint density at radius 3 is 2.75 bits per heavy atom. The fourth-order valence-electron chi connectivity index (χ4n) is 2.35. The van der Waals surface area contributed by atoms with Gasteiger partial charge in [-0.25, -0.2) is 0 Å². The molecule has 86 valence electrons. The number of rotatable bonds is 2. The van der Waals surface area contributed by atoms with Gasteiger partial charge in [-0.05, 0) is 18.9 Å². The van der Waals surface area contributed by atoms with Crippen LogP contribution in [0.4, 0.5) is 5.69 Å². The van der Waals surface area contributed by atoms with E-state index in [1.54, 1.807) is 18.5 Å². The molecule has 1 heterocycles. The van der Waals surface area contributed by atoms with Gasteiger partial charge < -0.3 is 10.9 Å². The van der Waals surface area contributed by atoms with Crippen LogP contribution >= 0.6 is 0 Å². The molecule has 1 aliphatic rings. The van der Waals surface area contributed by atoms with Gasteiger partial charge >= 0.3 is 0 Å². The first-order valence-electron chi connectivity index (χ1n) is 5.74. The fraction of sp³-hybridized carbons (Fsp3) is 0.500. The topological polar surface area (TPSA) is 71.5 Å². The number of nitrogens with two attached hydrogens (primary N) is 1. The number of nitrogens with zero attached hydrogens (tertiary/aromatic N) is 2. The number of hydrogen-bond donors (Lipinski definition) is 2. The molecule has 1 aromatic rings. The van der Waals surface area contributed by atoms with Gasteiger partial charge in [0, 0.05) is 29.6 Å². The normalized spacial score (nSPS) is 18.6. The van der Waals surface area contributed by atoms with Crippen LogP contribution in [0.15, 0.2) is 23.6 Å². The van der Waals surface area contributed by atoms with Crippen LogP contribution in [0.5, 0.6) is 0 Å². The zero-order chi connectivity index (χ0) is 11.4. The second-order valence-electron chi connectivity index (χ2n) is 4.28. The summed E-state index contributed by atoms with van der Waals surface area (Å²) in [6.07, 6.45) is 9.15. The monoisotopic (exact) mass is 219 g/mol. The van der Waals surface area contributed by atoms with E-state index in [2.05, 4.69) is 10.1 Å². The lowest BCUT2D eigenvalue weighted by atomic mass is 9.83. The molecule has 0 radical (unpaired) electrons. The lowest BCUT2D eigenvalue weighted by Crippen LogP contribution is -2.20. The Hall–Kier alpha value is -1.58. The maximum absolute atomic E-state index is 9.16. The first-order valence-corrected chi connectivity index (χ1v) is 5.74. The molecule has 2 rings (SSSR count). The Morgan fingerprint density at radius 2 is 2.12 bits per heavy atom. The van der Waals surface area contributed by atoms with Crippen molar-refractivity contribution in [3.63, 3.8) is 0 Å². The third kappa shape index (κ3) is 2.15. The van der Waals surface area contributed by atoms with Crippen LogP contribution < -0.4 is 5.73 Å². The van der Waals surface area contributed by atoms with Crippen molar-refractivity contribution in [1.82, 2.24) is 4.98 Å². The van der Waals surface area contributed by atoms with E-state index in [1.165, 1.54) is 19.3 Å². The lowest BCUT2D eigenvalue weighted by molar-refractivity contribution is 0.310. The number of pyridine rings is 1.